The van der Waals surface area contributed by atoms with Crippen LogP contribution in [0.1, 0.15) is 0 Å². The van der Waals surface area contributed by atoms with Gasteiger partial charge in [-0.1, -0.05) is 97.1 Å². The Bertz CT molecular complexity index is 2880. The summed E-state index contributed by atoms with van der Waals surface area (Å²) in [6.07, 6.45) is 0. The Labute approximate surface area is 338 Å². The van der Waals surface area contributed by atoms with E-state index in [1.807, 2.05) is 24.3 Å². The molecular weight excluding hydrogens is 883 g/mol. The maximum atomic E-state index is 6.75. The predicted molar refractivity (Wildman–Crippen MR) is 219 cm³/mol. The van der Waals surface area contributed by atoms with Crippen LogP contribution in [0.2, 0.25) is 0 Å². The van der Waals surface area contributed by atoms with Crippen molar-refractivity contribution in [1.82, 2.24) is 4.57 Å². The summed E-state index contributed by atoms with van der Waals surface area (Å²) in [5, 5.41) is 3.42. The Morgan fingerprint density at radius 2 is 1.15 bits per heavy atom. The van der Waals surface area contributed by atoms with Gasteiger partial charge in [-0.25, -0.2) is 11.1 Å². The quantitative estimate of drug-likeness (QED) is 0.149. The smallest absolute Gasteiger partial charge is 0.439 e. The standard InChI is InChI=1S/C50H32N2O.U/c1-4-14-35(15-5-1)37-26-29-42(30-27-37)51(43-22-12-18-38(32-43)36-16-6-2-7-17-36)44-23-13-19-39(33-44)40-28-31-46-48(34-40)53-50-49(46)45-24-10-11-25-47(45)52(50)41-20-8-3-9-21-41;/h1-16,18-31,33-34H;/q-2;+2. The summed E-state index contributed by atoms with van der Waals surface area (Å²) < 4.78 is 8.97. The fraction of sp³-hybridized carbons (Fsp3) is 0. The van der Waals surface area contributed by atoms with Crippen LogP contribution in [0.4, 0.5) is 17.1 Å². The Morgan fingerprint density at radius 1 is 0.481 bits per heavy atom. The van der Waals surface area contributed by atoms with Gasteiger partial charge in [0.2, 0.25) is 5.71 Å². The van der Waals surface area contributed by atoms with E-state index in [1.54, 1.807) is 0 Å². The van der Waals surface area contributed by atoms with Crippen LogP contribution in [0.3, 0.4) is 0 Å². The number of nitrogens with zero attached hydrogens (tertiary/aromatic N) is 2. The molecule has 0 unspecified atom stereocenters. The predicted octanol–water partition coefficient (Wildman–Crippen LogP) is 13.6. The molecule has 10 rings (SSSR count). The van der Waals surface area contributed by atoms with Crippen LogP contribution in [-0.2, 0) is 0 Å². The van der Waals surface area contributed by atoms with Gasteiger partial charge in [0.25, 0.3) is 0 Å². The molecule has 0 N–H and O–H groups in total. The molecular formula is C50H32N2OU. The molecule has 2 heterocycles. The zero-order valence-corrected chi connectivity index (χ0v) is 33.4. The normalized spacial score (nSPS) is 11.2. The SMILES string of the molecule is [U+2].[c-]1ccccc1-c1[c-]c(N(c2ccc(-c3ccccc3)cc2)c2cccc(-c3ccc4c(c3)oc3c4c4ccccc4n3-c3ccccc3)c2)ccc1. The Morgan fingerprint density at radius 3 is 1.96 bits per heavy atom. The zero-order valence-electron chi connectivity index (χ0n) is 29.3. The van der Waals surface area contributed by atoms with E-state index in [2.05, 4.69) is 191 Å². The van der Waals surface area contributed by atoms with E-state index in [1.165, 1.54) is 16.5 Å². The van der Waals surface area contributed by atoms with Crippen molar-refractivity contribution in [2.24, 2.45) is 0 Å². The van der Waals surface area contributed by atoms with E-state index in [4.69, 9.17) is 4.42 Å². The van der Waals surface area contributed by atoms with Gasteiger partial charge < -0.3 is 9.32 Å². The molecule has 2 aromatic heterocycles. The third-order valence-electron chi connectivity index (χ3n) is 9.99. The molecule has 8 aromatic carbocycles. The van der Waals surface area contributed by atoms with Gasteiger partial charge >= 0.3 is 31.1 Å². The number of hydrogen-bond acceptors (Lipinski definition) is 2. The fourth-order valence-corrected chi connectivity index (χ4v) is 7.49. The van der Waals surface area contributed by atoms with Crippen molar-refractivity contribution in [3.63, 3.8) is 0 Å². The molecule has 0 amide bonds. The van der Waals surface area contributed by atoms with E-state index in [0.29, 0.717) is 0 Å². The van der Waals surface area contributed by atoms with E-state index < -0.39 is 0 Å². The summed E-state index contributed by atoms with van der Waals surface area (Å²) in [7, 11) is 0. The summed E-state index contributed by atoms with van der Waals surface area (Å²) in [5.74, 6) is 0. The van der Waals surface area contributed by atoms with E-state index >= 15 is 0 Å². The van der Waals surface area contributed by atoms with Gasteiger partial charge in [-0.2, -0.15) is 42.5 Å². The number of furan rings is 1. The monoisotopic (exact) mass is 914 g/mol. The van der Waals surface area contributed by atoms with Crippen molar-refractivity contribution in [1.29, 1.82) is 0 Å². The van der Waals surface area contributed by atoms with Gasteiger partial charge in [0.15, 0.2) is 0 Å². The molecule has 0 atom stereocenters. The summed E-state index contributed by atoms with van der Waals surface area (Å²) in [4.78, 5) is 2.28. The molecule has 10 aromatic rings. The second kappa shape index (κ2) is 14.4. The third-order valence-corrected chi connectivity index (χ3v) is 9.99. The van der Waals surface area contributed by atoms with Gasteiger partial charge in [-0.05, 0) is 82.5 Å². The molecule has 0 saturated heterocycles. The van der Waals surface area contributed by atoms with E-state index in [-0.39, 0.29) is 31.1 Å². The van der Waals surface area contributed by atoms with Crippen LogP contribution in [0.25, 0.3) is 72.0 Å². The average Bonchev–Trinajstić information content (AvgIpc) is 3.76. The number of fused-ring (bicyclic) bond motifs is 5. The molecule has 0 fully saturated rings. The van der Waals surface area contributed by atoms with Crippen molar-refractivity contribution >= 4 is 50.0 Å². The molecule has 4 heteroatoms. The minimum atomic E-state index is 0. The molecule has 0 aliphatic carbocycles. The van der Waals surface area contributed by atoms with Gasteiger partial charge in [-0.15, -0.1) is 12.1 Å². The number of aromatic nitrogens is 1. The summed E-state index contributed by atoms with van der Waals surface area (Å²) in [5.41, 5.74) is 13.5. The minimum Gasteiger partial charge on any atom is -0.439 e. The molecule has 3 nitrogen and oxygen atoms in total. The third kappa shape index (κ3) is 6.04. The molecule has 0 aliphatic heterocycles. The van der Waals surface area contributed by atoms with E-state index in [0.717, 1.165) is 72.6 Å². The van der Waals surface area contributed by atoms with Crippen LogP contribution in [-0.4, -0.2) is 4.57 Å². The van der Waals surface area contributed by atoms with Crippen LogP contribution in [0.5, 0.6) is 0 Å². The maximum absolute atomic E-state index is 6.75. The molecule has 0 saturated carbocycles. The number of hydrogen-bond donors (Lipinski definition) is 0. The number of rotatable bonds is 7. The van der Waals surface area contributed by atoms with Gasteiger partial charge in [0.1, 0.15) is 5.58 Å². The zero-order chi connectivity index (χ0) is 35.1. The summed E-state index contributed by atoms with van der Waals surface area (Å²) in [6.45, 7) is 0. The van der Waals surface area contributed by atoms with Crippen LogP contribution in [0.15, 0.2) is 199 Å². The van der Waals surface area contributed by atoms with Gasteiger partial charge in [0, 0.05) is 27.8 Å². The topological polar surface area (TPSA) is 21.3 Å². The molecule has 0 aliphatic rings. The Balaban J connectivity index is 0.00000384. The number of para-hydroxylation sites is 2. The first kappa shape index (κ1) is 33.8. The van der Waals surface area contributed by atoms with Crippen molar-refractivity contribution in [3.05, 3.63) is 206 Å². The van der Waals surface area contributed by atoms with Gasteiger partial charge in [0.05, 0.1) is 10.9 Å². The number of benzene rings is 8. The van der Waals surface area contributed by atoms with Crippen LogP contribution < -0.4 is 4.90 Å². The molecule has 0 spiro atoms. The summed E-state index contributed by atoms with van der Waals surface area (Å²) in [6, 6.07) is 75.0. The largest absolute Gasteiger partial charge is 2.00 e. The Hall–Kier alpha value is -6.05. The van der Waals surface area contributed by atoms with Crippen molar-refractivity contribution in [2.75, 3.05) is 4.90 Å². The first-order valence-corrected chi connectivity index (χ1v) is 17.9. The second-order valence-corrected chi connectivity index (χ2v) is 13.2. The molecule has 54 heavy (non-hydrogen) atoms. The maximum Gasteiger partial charge on any atom is 2.00 e. The van der Waals surface area contributed by atoms with Crippen LogP contribution in [0, 0.1) is 43.2 Å². The number of anilines is 3. The minimum absolute atomic E-state index is 0. The fourth-order valence-electron chi connectivity index (χ4n) is 7.49. The Kier molecular flexibility index (Phi) is 9.01. The van der Waals surface area contributed by atoms with E-state index in [9.17, 15) is 0 Å². The van der Waals surface area contributed by atoms with Gasteiger partial charge in [-0.3, -0.25) is 4.57 Å². The van der Waals surface area contributed by atoms with Crippen LogP contribution >= 0.6 is 0 Å². The average molecular weight is 915 g/mol. The summed E-state index contributed by atoms with van der Waals surface area (Å²) >= 11 is 0. The molecule has 0 bridgehead atoms. The van der Waals surface area contributed by atoms with Crippen molar-refractivity contribution in [2.45, 2.75) is 0 Å². The molecule has 0 radical (unpaired) electrons. The second-order valence-electron chi connectivity index (χ2n) is 13.2. The first-order valence-electron chi connectivity index (χ1n) is 17.9. The van der Waals surface area contributed by atoms with Crippen molar-refractivity contribution < 1.29 is 35.5 Å². The molecule has 252 valence electrons. The first-order chi connectivity index (χ1) is 26.3. The van der Waals surface area contributed by atoms with Crippen molar-refractivity contribution in [3.8, 4) is 39.1 Å².